The number of amides is 1. The molecule has 1 aliphatic rings. The van der Waals surface area contributed by atoms with E-state index in [2.05, 4.69) is 18.5 Å². The lowest BCUT2D eigenvalue weighted by Gasteiger charge is -2.53. The second-order valence-electron chi connectivity index (χ2n) is 5.16. The van der Waals surface area contributed by atoms with E-state index < -0.39 is 5.54 Å². The fourth-order valence-corrected chi connectivity index (χ4v) is 3.79. The SMILES string of the molecule is C=C[C@H]1C(=O)N(c2ccccc2)[C@@]1(C)c1nc(C)cs1. The van der Waals surface area contributed by atoms with Crippen molar-refractivity contribution in [3.63, 3.8) is 0 Å². The summed E-state index contributed by atoms with van der Waals surface area (Å²) in [5, 5.41) is 2.98. The second-order valence-corrected chi connectivity index (χ2v) is 6.02. The molecule has 1 aromatic carbocycles. The quantitative estimate of drug-likeness (QED) is 0.638. The molecular weight excluding hydrogens is 268 g/mol. The average Bonchev–Trinajstić information content (AvgIpc) is 2.87. The number of hydrogen-bond donors (Lipinski definition) is 0. The third-order valence-electron chi connectivity index (χ3n) is 3.86. The van der Waals surface area contributed by atoms with Crippen LogP contribution in [0.1, 0.15) is 17.6 Å². The van der Waals surface area contributed by atoms with Gasteiger partial charge in [0, 0.05) is 16.8 Å². The van der Waals surface area contributed by atoms with Crippen LogP contribution in [-0.2, 0) is 10.3 Å². The summed E-state index contributed by atoms with van der Waals surface area (Å²) in [6, 6.07) is 9.74. The van der Waals surface area contributed by atoms with Gasteiger partial charge in [-0.2, -0.15) is 0 Å². The molecule has 1 fully saturated rings. The van der Waals surface area contributed by atoms with E-state index in [-0.39, 0.29) is 11.8 Å². The van der Waals surface area contributed by atoms with Crippen molar-refractivity contribution in [2.24, 2.45) is 5.92 Å². The van der Waals surface area contributed by atoms with Crippen LogP contribution in [0.5, 0.6) is 0 Å². The number of aryl methyl sites for hydroxylation is 1. The van der Waals surface area contributed by atoms with E-state index in [9.17, 15) is 4.79 Å². The van der Waals surface area contributed by atoms with E-state index in [0.717, 1.165) is 16.4 Å². The topological polar surface area (TPSA) is 33.2 Å². The highest BCUT2D eigenvalue weighted by molar-refractivity contribution is 7.09. The molecule has 0 N–H and O–H groups in total. The maximum atomic E-state index is 12.4. The summed E-state index contributed by atoms with van der Waals surface area (Å²) in [6.07, 6.45) is 1.73. The first-order valence-corrected chi connectivity index (χ1v) is 7.41. The molecule has 0 unspecified atom stereocenters. The number of aromatic nitrogens is 1. The Morgan fingerprint density at radius 2 is 2.10 bits per heavy atom. The Bertz CT molecular complexity index is 664. The van der Waals surface area contributed by atoms with E-state index in [1.54, 1.807) is 17.4 Å². The Morgan fingerprint density at radius 1 is 1.40 bits per heavy atom. The lowest BCUT2D eigenvalue weighted by atomic mass is 9.74. The molecule has 1 saturated heterocycles. The number of nitrogens with zero attached hydrogens (tertiary/aromatic N) is 2. The Morgan fingerprint density at radius 3 is 2.65 bits per heavy atom. The molecule has 0 spiro atoms. The number of β-lactam (4-membered cyclic amide) rings is 1. The van der Waals surface area contributed by atoms with Crippen molar-refractivity contribution in [1.82, 2.24) is 4.98 Å². The van der Waals surface area contributed by atoms with Crippen LogP contribution in [0.4, 0.5) is 5.69 Å². The molecule has 3 rings (SSSR count). The highest BCUT2D eigenvalue weighted by atomic mass is 32.1. The standard InChI is InChI=1S/C16H16N2OS/c1-4-13-14(19)18(12-8-6-5-7-9-12)16(13,3)15-17-11(2)10-20-15/h4-10,13H,1H2,2-3H3/t13-,16+/m0/s1. The monoisotopic (exact) mass is 284 g/mol. The normalized spacial score (nSPS) is 25.4. The number of carbonyl (C=O) groups is 1. The Labute approximate surface area is 122 Å². The summed E-state index contributed by atoms with van der Waals surface area (Å²) in [5.41, 5.74) is 1.46. The van der Waals surface area contributed by atoms with Crippen LogP contribution >= 0.6 is 11.3 Å². The minimum Gasteiger partial charge on any atom is -0.298 e. The number of rotatable bonds is 3. The molecule has 2 aromatic rings. The summed E-state index contributed by atoms with van der Waals surface area (Å²) in [7, 11) is 0. The van der Waals surface area contributed by atoms with Crippen molar-refractivity contribution in [3.05, 3.63) is 59.1 Å². The first kappa shape index (κ1) is 13.1. The van der Waals surface area contributed by atoms with E-state index in [0.29, 0.717) is 0 Å². The molecule has 20 heavy (non-hydrogen) atoms. The molecule has 0 radical (unpaired) electrons. The molecule has 3 nitrogen and oxygen atoms in total. The van der Waals surface area contributed by atoms with Gasteiger partial charge in [-0.15, -0.1) is 17.9 Å². The van der Waals surface area contributed by atoms with Crippen LogP contribution in [0.15, 0.2) is 48.4 Å². The van der Waals surface area contributed by atoms with Crippen LogP contribution in [0.25, 0.3) is 0 Å². The molecule has 2 heterocycles. The summed E-state index contributed by atoms with van der Waals surface area (Å²) in [4.78, 5) is 18.8. The molecule has 102 valence electrons. The number of thiazole rings is 1. The van der Waals surface area contributed by atoms with Crippen molar-refractivity contribution >= 4 is 22.9 Å². The second kappa shape index (κ2) is 4.56. The van der Waals surface area contributed by atoms with Gasteiger partial charge < -0.3 is 0 Å². The third kappa shape index (κ3) is 1.64. The van der Waals surface area contributed by atoms with E-state index in [4.69, 9.17) is 0 Å². The average molecular weight is 284 g/mol. The molecule has 1 aromatic heterocycles. The van der Waals surface area contributed by atoms with Crippen LogP contribution < -0.4 is 4.90 Å². The number of carbonyl (C=O) groups excluding carboxylic acids is 1. The fourth-order valence-electron chi connectivity index (χ4n) is 2.80. The van der Waals surface area contributed by atoms with Crippen LogP contribution in [0.3, 0.4) is 0 Å². The van der Waals surface area contributed by atoms with Crippen molar-refractivity contribution < 1.29 is 4.79 Å². The van der Waals surface area contributed by atoms with Crippen molar-refractivity contribution in [2.75, 3.05) is 4.90 Å². The predicted molar refractivity (Wildman–Crippen MR) is 81.8 cm³/mol. The molecule has 2 atom stereocenters. The van der Waals surface area contributed by atoms with E-state index in [1.807, 2.05) is 47.5 Å². The lowest BCUT2D eigenvalue weighted by molar-refractivity contribution is -0.132. The minimum absolute atomic E-state index is 0.0848. The zero-order chi connectivity index (χ0) is 14.3. The molecular formula is C16H16N2OS. The van der Waals surface area contributed by atoms with Crippen LogP contribution in [0.2, 0.25) is 0 Å². The summed E-state index contributed by atoms with van der Waals surface area (Å²) >= 11 is 1.60. The van der Waals surface area contributed by atoms with Crippen molar-refractivity contribution in [1.29, 1.82) is 0 Å². The molecule has 0 bridgehead atoms. The lowest BCUT2D eigenvalue weighted by Crippen LogP contribution is -2.67. The highest BCUT2D eigenvalue weighted by Gasteiger charge is 2.58. The number of hydrogen-bond acceptors (Lipinski definition) is 3. The Balaban J connectivity index is 2.10. The van der Waals surface area contributed by atoms with Gasteiger partial charge in [0.25, 0.3) is 0 Å². The zero-order valence-corrected chi connectivity index (χ0v) is 12.4. The fraction of sp³-hybridized carbons (Fsp3) is 0.250. The van der Waals surface area contributed by atoms with Gasteiger partial charge in [-0.25, -0.2) is 4.98 Å². The predicted octanol–water partition coefficient (Wildman–Crippen LogP) is 3.52. The van der Waals surface area contributed by atoms with E-state index in [1.165, 1.54) is 0 Å². The van der Waals surface area contributed by atoms with Crippen LogP contribution in [-0.4, -0.2) is 10.9 Å². The van der Waals surface area contributed by atoms with Gasteiger partial charge >= 0.3 is 0 Å². The Hall–Kier alpha value is -1.94. The Kier molecular flexibility index (Phi) is 2.98. The van der Waals surface area contributed by atoms with Gasteiger partial charge in [0.05, 0.1) is 5.92 Å². The molecule has 0 saturated carbocycles. The maximum absolute atomic E-state index is 12.4. The summed E-state index contributed by atoms with van der Waals surface area (Å²) in [6.45, 7) is 7.85. The smallest absolute Gasteiger partial charge is 0.237 e. The van der Waals surface area contributed by atoms with Gasteiger partial charge in [-0.1, -0.05) is 24.3 Å². The van der Waals surface area contributed by atoms with E-state index >= 15 is 0 Å². The van der Waals surface area contributed by atoms with Crippen molar-refractivity contribution in [3.8, 4) is 0 Å². The van der Waals surface area contributed by atoms with Gasteiger partial charge in [-0.3, -0.25) is 9.69 Å². The summed E-state index contributed by atoms with van der Waals surface area (Å²) in [5.74, 6) is -0.130. The van der Waals surface area contributed by atoms with Gasteiger partial charge in [0.1, 0.15) is 10.5 Å². The van der Waals surface area contributed by atoms with Crippen LogP contribution in [0, 0.1) is 12.8 Å². The highest BCUT2D eigenvalue weighted by Crippen LogP contribution is 2.49. The maximum Gasteiger partial charge on any atom is 0.237 e. The first-order chi connectivity index (χ1) is 9.59. The minimum atomic E-state index is -0.431. The zero-order valence-electron chi connectivity index (χ0n) is 11.5. The van der Waals surface area contributed by atoms with Gasteiger partial charge in [0.15, 0.2) is 0 Å². The molecule has 4 heteroatoms. The molecule has 0 aliphatic carbocycles. The van der Waals surface area contributed by atoms with Crippen molar-refractivity contribution in [2.45, 2.75) is 19.4 Å². The largest absolute Gasteiger partial charge is 0.298 e. The molecule has 1 aliphatic heterocycles. The summed E-state index contributed by atoms with van der Waals surface area (Å²) < 4.78 is 0. The first-order valence-electron chi connectivity index (χ1n) is 6.53. The van der Waals surface area contributed by atoms with Gasteiger partial charge in [-0.05, 0) is 26.0 Å². The number of benzene rings is 1. The number of para-hydroxylation sites is 1. The molecule has 1 amide bonds. The third-order valence-corrected chi connectivity index (χ3v) is 5.05. The number of anilines is 1. The van der Waals surface area contributed by atoms with Gasteiger partial charge in [0.2, 0.25) is 5.91 Å².